The monoisotopic (exact) mass is 264 g/mol. The van der Waals surface area contributed by atoms with Gasteiger partial charge in [0.1, 0.15) is 6.04 Å². The maximum absolute atomic E-state index is 13.2. The number of H-pyrrole nitrogens is 1. The molecule has 2 rings (SSSR count). The Balaban J connectivity index is 2.52. The molecule has 7 heteroatoms. The molecule has 1 atom stereocenters. The first-order chi connectivity index (χ1) is 8.25. The zero-order chi connectivity index (χ0) is 13.6. The smallest absolute Gasteiger partial charge is 0.361 e. The highest BCUT2D eigenvalue weighted by Crippen LogP contribution is 2.44. The Bertz CT molecular complexity index is 558. The van der Waals surface area contributed by atoms with Crippen LogP contribution in [0.5, 0.6) is 0 Å². The van der Waals surface area contributed by atoms with Crippen molar-refractivity contribution < 1.29 is 22.0 Å². The Morgan fingerprint density at radius 1 is 1.06 bits per heavy atom. The van der Waals surface area contributed by atoms with Gasteiger partial charge in [0.2, 0.25) is 0 Å². The fraction of sp³-hybridized carbons (Fsp3) is 0.273. The summed E-state index contributed by atoms with van der Waals surface area (Å²) in [6.07, 6.45) is -4.22. The number of aromatic amines is 1. The van der Waals surface area contributed by atoms with Gasteiger partial charge in [-0.05, 0) is 17.7 Å². The van der Waals surface area contributed by atoms with E-state index in [1.165, 1.54) is 24.4 Å². The molecule has 0 aliphatic rings. The van der Waals surface area contributed by atoms with Gasteiger partial charge in [0, 0.05) is 17.1 Å². The van der Waals surface area contributed by atoms with Crippen LogP contribution in [0.1, 0.15) is 11.6 Å². The van der Waals surface area contributed by atoms with Crippen molar-refractivity contribution in [1.82, 2.24) is 4.98 Å². The maximum Gasteiger partial charge on any atom is 0.455 e. The molecule has 0 saturated heterocycles. The lowest BCUT2D eigenvalue weighted by molar-refractivity contribution is -0.290. The van der Waals surface area contributed by atoms with Gasteiger partial charge in [-0.1, -0.05) is 12.1 Å². The molecule has 0 spiro atoms. The average molecular weight is 264 g/mol. The minimum Gasteiger partial charge on any atom is -0.361 e. The summed E-state index contributed by atoms with van der Waals surface area (Å²) in [5.74, 6) is -4.97. The predicted octanol–water partition coefficient (Wildman–Crippen LogP) is 3.37. The van der Waals surface area contributed by atoms with Crippen molar-refractivity contribution in [3.8, 4) is 0 Å². The first-order valence-electron chi connectivity index (χ1n) is 5.01. The van der Waals surface area contributed by atoms with E-state index in [0.29, 0.717) is 5.52 Å². The molecule has 0 saturated carbocycles. The molecule has 0 bridgehead atoms. The number of halogens is 5. The first kappa shape index (κ1) is 12.8. The van der Waals surface area contributed by atoms with E-state index >= 15 is 0 Å². The van der Waals surface area contributed by atoms with Crippen LogP contribution in [0.2, 0.25) is 0 Å². The Kier molecular flexibility index (Phi) is 2.81. The molecular formula is C11H9F5N2. The number of benzene rings is 1. The molecule has 2 nitrogen and oxygen atoms in total. The number of alkyl halides is 5. The number of fused-ring (bicyclic) bond motifs is 1. The fourth-order valence-electron chi connectivity index (χ4n) is 1.75. The van der Waals surface area contributed by atoms with E-state index in [4.69, 9.17) is 5.73 Å². The molecule has 3 N–H and O–H groups in total. The van der Waals surface area contributed by atoms with Gasteiger partial charge >= 0.3 is 12.1 Å². The van der Waals surface area contributed by atoms with Crippen molar-refractivity contribution >= 4 is 10.9 Å². The molecule has 0 aliphatic carbocycles. The van der Waals surface area contributed by atoms with E-state index in [2.05, 4.69) is 4.98 Å². The Hall–Kier alpha value is -1.63. The quantitative estimate of drug-likeness (QED) is 0.802. The largest absolute Gasteiger partial charge is 0.455 e. The SMILES string of the molecule is N[C@H](c1cccc2[nH]ccc12)C(F)(F)C(F)(F)F. The highest BCUT2D eigenvalue weighted by molar-refractivity contribution is 5.83. The number of nitrogens with two attached hydrogens (primary N) is 1. The van der Waals surface area contributed by atoms with E-state index < -0.39 is 18.1 Å². The third kappa shape index (κ3) is 1.84. The highest BCUT2D eigenvalue weighted by atomic mass is 19.4. The summed E-state index contributed by atoms with van der Waals surface area (Å²) in [6.45, 7) is 0. The Labute approximate surface area is 98.6 Å². The van der Waals surface area contributed by atoms with Crippen LogP contribution in [-0.4, -0.2) is 17.1 Å². The molecular weight excluding hydrogens is 255 g/mol. The Morgan fingerprint density at radius 2 is 1.72 bits per heavy atom. The zero-order valence-corrected chi connectivity index (χ0v) is 8.93. The van der Waals surface area contributed by atoms with Crippen LogP contribution in [0.25, 0.3) is 10.9 Å². The Morgan fingerprint density at radius 3 is 2.33 bits per heavy atom. The molecule has 0 fully saturated rings. The number of aromatic nitrogens is 1. The normalized spacial score (nSPS) is 15.0. The summed E-state index contributed by atoms with van der Waals surface area (Å²) < 4.78 is 63.1. The van der Waals surface area contributed by atoms with Crippen LogP contribution >= 0.6 is 0 Å². The molecule has 0 unspecified atom stereocenters. The fourth-order valence-corrected chi connectivity index (χ4v) is 1.75. The van der Waals surface area contributed by atoms with Crippen LogP contribution in [0.15, 0.2) is 30.5 Å². The third-order valence-corrected chi connectivity index (χ3v) is 2.73. The second kappa shape index (κ2) is 3.94. The summed E-state index contributed by atoms with van der Waals surface area (Å²) in [5.41, 5.74) is 5.32. The van der Waals surface area contributed by atoms with Gasteiger partial charge in [-0.15, -0.1) is 0 Å². The average Bonchev–Trinajstić information content (AvgIpc) is 2.73. The van der Waals surface area contributed by atoms with Crippen LogP contribution < -0.4 is 5.73 Å². The summed E-state index contributed by atoms with van der Waals surface area (Å²) in [4.78, 5) is 2.72. The lowest BCUT2D eigenvalue weighted by Gasteiger charge is -2.26. The van der Waals surface area contributed by atoms with Crippen molar-refractivity contribution in [2.45, 2.75) is 18.1 Å². The molecule has 18 heavy (non-hydrogen) atoms. The second-order valence-electron chi connectivity index (χ2n) is 3.88. The second-order valence-corrected chi connectivity index (χ2v) is 3.88. The molecule has 0 amide bonds. The van der Waals surface area contributed by atoms with Crippen LogP contribution in [0.4, 0.5) is 22.0 Å². The lowest BCUT2D eigenvalue weighted by Crippen LogP contribution is -2.45. The zero-order valence-electron chi connectivity index (χ0n) is 8.93. The van der Waals surface area contributed by atoms with Gasteiger partial charge in [-0.2, -0.15) is 22.0 Å². The summed E-state index contributed by atoms with van der Waals surface area (Å²) in [7, 11) is 0. The topological polar surface area (TPSA) is 41.8 Å². The van der Waals surface area contributed by atoms with Crippen molar-refractivity contribution in [3.05, 3.63) is 36.0 Å². The van der Waals surface area contributed by atoms with E-state index in [9.17, 15) is 22.0 Å². The molecule has 1 aromatic heterocycles. The number of hydrogen-bond acceptors (Lipinski definition) is 1. The van der Waals surface area contributed by atoms with Crippen molar-refractivity contribution in [3.63, 3.8) is 0 Å². The minimum atomic E-state index is -5.68. The van der Waals surface area contributed by atoms with E-state index in [-0.39, 0.29) is 10.9 Å². The van der Waals surface area contributed by atoms with Gasteiger partial charge in [-0.25, -0.2) is 0 Å². The summed E-state index contributed by atoms with van der Waals surface area (Å²) in [5, 5.41) is 0.258. The molecule has 0 aliphatic heterocycles. The minimum absolute atomic E-state index is 0.240. The molecule has 0 radical (unpaired) electrons. The van der Waals surface area contributed by atoms with Crippen LogP contribution in [-0.2, 0) is 0 Å². The van der Waals surface area contributed by atoms with Gasteiger partial charge in [0.05, 0.1) is 0 Å². The van der Waals surface area contributed by atoms with Gasteiger partial charge in [0.25, 0.3) is 0 Å². The molecule has 1 aromatic carbocycles. The first-order valence-corrected chi connectivity index (χ1v) is 5.01. The van der Waals surface area contributed by atoms with Crippen molar-refractivity contribution in [2.75, 3.05) is 0 Å². The molecule has 1 heterocycles. The number of rotatable bonds is 2. The van der Waals surface area contributed by atoms with E-state index in [0.717, 1.165) is 0 Å². The van der Waals surface area contributed by atoms with Gasteiger partial charge in [0.15, 0.2) is 0 Å². The van der Waals surface area contributed by atoms with Crippen molar-refractivity contribution in [1.29, 1.82) is 0 Å². The highest BCUT2D eigenvalue weighted by Gasteiger charge is 2.61. The number of hydrogen-bond donors (Lipinski definition) is 2. The summed E-state index contributed by atoms with van der Waals surface area (Å²) >= 11 is 0. The van der Waals surface area contributed by atoms with Crippen LogP contribution in [0.3, 0.4) is 0 Å². The van der Waals surface area contributed by atoms with Crippen molar-refractivity contribution in [2.24, 2.45) is 5.73 Å². The third-order valence-electron chi connectivity index (χ3n) is 2.73. The maximum atomic E-state index is 13.2. The van der Waals surface area contributed by atoms with E-state index in [1.54, 1.807) is 6.07 Å². The van der Waals surface area contributed by atoms with Crippen LogP contribution in [0, 0.1) is 0 Å². The standard InChI is InChI=1S/C11H9F5N2/c12-10(13,11(14,15)16)9(17)7-2-1-3-8-6(7)4-5-18-8/h1-5,9,18H,17H2/t9-/m1/s1. The van der Waals surface area contributed by atoms with Gasteiger partial charge in [-0.3, -0.25) is 0 Å². The number of nitrogens with one attached hydrogen (secondary N) is 1. The lowest BCUT2D eigenvalue weighted by atomic mass is 9.97. The predicted molar refractivity (Wildman–Crippen MR) is 56.2 cm³/mol. The molecule has 98 valence electrons. The summed E-state index contributed by atoms with van der Waals surface area (Å²) in [6, 6.07) is 3.09. The van der Waals surface area contributed by atoms with Gasteiger partial charge < -0.3 is 10.7 Å². The molecule has 2 aromatic rings. The van der Waals surface area contributed by atoms with E-state index in [1.807, 2.05) is 0 Å².